The van der Waals surface area contributed by atoms with Gasteiger partial charge in [0.2, 0.25) is 17.7 Å². The van der Waals surface area contributed by atoms with E-state index in [1.807, 2.05) is 0 Å². The van der Waals surface area contributed by atoms with Gasteiger partial charge < -0.3 is 42.1 Å². The molecule has 0 aliphatic rings. The number of carboxylic acids is 3. The fraction of sp³-hybridized carbons (Fsp3) is 0.357. The molecule has 4 atom stereocenters. The van der Waals surface area contributed by atoms with E-state index in [9.17, 15) is 39.0 Å². The van der Waals surface area contributed by atoms with Crippen molar-refractivity contribution in [1.29, 1.82) is 0 Å². The topological polar surface area (TPSA) is 245 Å². The Hall–Kier alpha value is -4.98. The Morgan fingerprint density at radius 2 is 1.07 bits per heavy atom. The Labute approximate surface area is 240 Å². The van der Waals surface area contributed by atoms with Crippen molar-refractivity contribution < 1.29 is 49.2 Å². The highest BCUT2D eigenvalue weighted by Gasteiger charge is 2.31. The van der Waals surface area contributed by atoms with E-state index in [2.05, 4.69) is 16.0 Å². The molecule has 0 heterocycles. The lowest BCUT2D eigenvalue weighted by Gasteiger charge is -2.25. The van der Waals surface area contributed by atoms with Gasteiger partial charge in [0, 0.05) is 19.3 Å². The number of benzene rings is 2. The van der Waals surface area contributed by atoms with Crippen LogP contribution < -0.4 is 21.7 Å². The molecule has 14 heteroatoms. The lowest BCUT2D eigenvalue weighted by Crippen LogP contribution is -2.57. The molecule has 42 heavy (non-hydrogen) atoms. The number of nitrogens with two attached hydrogens (primary N) is 1. The van der Waals surface area contributed by atoms with Crippen molar-refractivity contribution in [3.05, 3.63) is 65.7 Å². The molecule has 0 saturated heterocycles. The lowest BCUT2D eigenvalue weighted by molar-refractivity contribution is -0.143. The zero-order valence-corrected chi connectivity index (χ0v) is 22.6. The molecule has 3 amide bonds. The molecular weight excluding hydrogens is 552 g/mol. The summed E-state index contributed by atoms with van der Waals surface area (Å²) >= 11 is 0. The molecule has 14 nitrogen and oxygen atoms in total. The first-order chi connectivity index (χ1) is 19.8. The standard InChI is InChI=1S/C28H34N4O10/c29-19(14-16-4-2-1-3-5-16)25(38)30-20(10-12-23(34)35)26(39)31-21(11-13-24(36)37)27(40)32-22(28(41)42)15-17-6-8-18(33)9-7-17/h1-9,19-22,33H,10-15,29H2,(H,30,38)(H,31,39)(H,32,40)(H,34,35)(H,36,37)(H,41,42). The maximum atomic E-state index is 13.1. The van der Waals surface area contributed by atoms with E-state index in [1.54, 1.807) is 30.3 Å². The van der Waals surface area contributed by atoms with Crippen LogP contribution in [0.2, 0.25) is 0 Å². The molecular formula is C28H34N4O10. The van der Waals surface area contributed by atoms with E-state index in [0.717, 1.165) is 5.56 Å². The van der Waals surface area contributed by atoms with Crippen LogP contribution >= 0.6 is 0 Å². The van der Waals surface area contributed by atoms with Gasteiger partial charge in [0.15, 0.2) is 0 Å². The molecule has 0 aliphatic carbocycles. The molecule has 0 aromatic heterocycles. The van der Waals surface area contributed by atoms with Crippen LogP contribution in [0.5, 0.6) is 5.75 Å². The monoisotopic (exact) mass is 586 g/mol. The van der Waals surface area contributed by atoms with Crippen LogP contribution in [0.25, 0.3) is 0 Å². The minimum atomic E-state index is -1.53. The second-order valence-electron chi connectivity index (χ2n) is 9.55. The number of nitrogens with one attached hydrogen (secondary N) is 3. The lowest BCUT2D eigenvalue weighted by atomic mass is 10.0. The average Bonchev–Trinajstić information content (AvgIpc) is 2.93. The number of phenolic OH excluding ortho intramolecular Hbond substituents is 1. The van der Waals surface area contributed by atoms with Gasteiger partial charge in [0.05, 0.1) is 6.04 Å². The number of amides is 3. The SMILES string of the molecule is NC(Cc1ccccc1)C(=O)NC(CCC(=O)O)C(=O)NC(CCC(=O)O)C(=O)NC(Cc1ccc(O)cc1)C(=O)O. The summed E-state index contributed by atoms with van der Waals surface area (Å²) in [5.41, 5.74) is 7.19. The van der Waals surface area contributed by atoms with E-state index in [0.29, 0.717) is 5.56 Å². The Balaban J connectivity index is 2.17. The van der Waals surface area contributed by atoms with Gasteiger partial charge in [0.1, 0.15) is 23.9 Å². The summed E-state index contributed by atoms with van der Waals surface area (Å²) in [6.45, 7) is 0. The summed E-state index contributed by atoms with van der Waals surface area (Å²) in [6.07, 6.45) is -1.94. The molecule has 0 spiro atoms. The van der Waals surface area contributed by atoms with Crippen LogP contribution in [-0.4, -0.2) is 80.2 Å². The van der Waals surface area contributed by atoms with E-state index in [-0.39, 0.29) is 25.0 Å². The number of carbonyl (C=O) groups is 6. The third-order valence-corrected chi connectivity index (χ3v) is 6.19. The summed E-state index contributed by atoms with van der Waals surface area (Å²) < 4.78 is 0. The minimum absolute atomic E-state index is 0.0447. The number of rotatable bonds is 17. The number of aliphatic carboxylic acids is 3. The predicted octanol–water partition coefficient (Wildman–Crippen LogP) is -0.227. The van der Waals surface area contributed by atoms with E-state index in [4.69, 9.17) is 15.9 Å². The number of aromatic hydroxyl groups is 1. The summed E-state index contributed by atoms with van der Waals surface area (Å²) in [4.78, 5) is 73.2. The summed E-state index contributed by atoms with van der Waals surface area (Å²) in [5, 5.41) is 44.3. The van der Waals surface area contributed by atoms with Crippen molar-refractivity contribution in [3.63, 3.8) is 0 Å². The molecule has 4 unspecified atom stereocenters. The first-order valence-electron chi connectivity index (χ1n) is 13.0. The minimum Gasteiger partial charge on any atom is -0.508 e. The van der Waals surface area contributed by atoms with Gasteiger partial charge in [-0.2, -0.15) is 0 Å². The fourth-order valence-electron chi connectivity index (χ4n) is 3.93. The molecule has 2 aromatic rings. The molecule has 2 aromatic carbocycles. The molecule has 0 radical (unpaired) electrons. The van der Waals surface area contributed by atoms with Crippen LogP contribution in [0, 0.1) is 0 Å². The average molecular weight is 587 g/mol. The second kappa shape index (κ2) is 16.3. The zero-order chi connectivity index (χ0) is 31.2. The van der Waals surface area contributed by atoms with Crippen LogP contribution in [0.4, 0.5) is 0 Å². The maximum Gasteiger partial charge on any atom is 0.326 e. The molecule has 0 aliphatic heterocycles. The van der Waals surface area contributed by atoms with Crippen LogP contribution in [0.3, 0.4) is 0 Å². The molecule has 226 valence electrons. The zero-order valence-electron chi connectivity index (χ0n) is 22.6. The molecule has 9 N–H and O–H groups in total. The highest BCUT2D eigenvalue weighted by Crippen LogP contribution is 2.12. The van der Waals surface area contributed by atoms with Crippen molar-refractivity contribution >= 4 is 35.6 Å². The Morgan fingerprint density at radius 1 is 0.619 bits per heavy atom. The van der Waals surface area contributed by atoms with Crippen molar-refractivity contribution in [1.82, 2.24) is 16.0 Å². The highest BCUT2D eigenvalue weighted by molar-refractivity contribution is 5.94. The molecule has 2 rings (SSSR count). The Bertz CT molecular complexity index is 1250. The van der Waals surface area contributed by atoms with Crippen LogP contribution in [-0.2, 0) is 41.6 Å². The van der Waals surface area contributed by atoms with E-state index < -0.39 is 79.1 Å². The predicted molar refractivity (Wildman–Crippen MR) is 147 cm³/mol. The van der Waals surface area contributed by atoms with Gasteiger partial charge in [-0.15, -0.1) is 0 Å². The fourth-order valence-corrected chi connectivity index (χ4v) is 3.93. The summed E-state index contributed by atoms with van der Waals surface area (Å²) in [5.74, 6) is -6.73. The number of carbonyl (C=O) groups excluding carboxylic acids is 3. The largest absolute Gasteiger partial charge is 0.508 e. The van der Waals surface area contributed by atoms with Gasteiger partial charge in [-0.1, -0.05) is 42.5 Å². The van der Waals surface area contributed by atoms with Gasteiger partial charge >= 0.3 is 17.9 Å². The number of carboxylic acid groups (broad SMARTS) is 3. The maximum absolute atomic E-state index is 13.1. The number of phenols is 1. The van der Waals surface area contributed by atoms with Crippen molar-refractivity contribution in [2.45, 2.75) is 62.7 Å². The number of hydrogen-bond acceptors (Lipinski definition) is 8. The molecule has 0 bridgehead atoms. The van der Waals surface area contributed by atoms with Crippen LogP contribution in [0.15, 0.2) is 54.6 Å². The van der Waals surface area contributed by atoms with Crippen molar-refractivity contribution in [3.8, 4) is 5.75 Å². The van der Waals surface area contributed by atoms with Gasteiger partial charge in [-0.25, -0.2) is 4.79 Å². The van der Waals surface area contributed by atoms with E-state index in [1.165, 1.54) is 24.3 Å². The quantitative estimate of drug-likeness (QED) is 0.120. The first-order valence-corrected chi connectivity index (χ1v) is 13.0. The van der Waals surface area contributed by atoms with Crippen molar-refractivity contribution in [2.24, 2.45) is 5.73 Å². The summed E-state index contributed by atoms with van der Waals surface area (Å²) in [7, 11) is 0. The Kier molecular flexibility index (Phi) is 12.9. The summed E-state index contributed by atoms with van der Waals surface area (Å²) in [6, 6.07) is 8.85. The normalized spacial score (nSPS) is 13.5. The van der Waals surface area contributed by atoms with Crippen molar-refractivity contribution in [2.75, 3.05) is 0 Å². The smallest absolute Gasteiger partial charge is 0.326 e. The van der Waals surface area contributed by atoms with E-state index >= 15 is 0 Å². The third-order valence-electron chi connectivity index (χ3n) is 6.19. The number of hydrogen-bond donors (Lipinski definition) is 8. The van der Waals surface area contributed by atoms with Gasteiger partial charge in [-0.05, 0) is 42.5 Å². The first kappa shape index (κ1) is 33.2. The molecule has 0 saturated carbocycles. The van der Waals surface area contributed by atoms with Gasteiger partial charge in [0.25, 0.3) is 0 Å². The highest BCUT2D eigenvalue weighted by atomic mass is 16.4. The second-order valence-corrected chi connectivity index (χ2v) is 9.55. The molecule has 0 fully saturated rings. The Morgan fingerprint density at radius 3 is 1.55 bits per heavy atom. The van der Waals surface area contributed by atoms with Crippen LogP contribution in [0.1, 0.15) is 36.8 Å². The third kappa shape index (κ3) is 11.6. The van der Waals surface area contributed by atoms with Gasteiger partial charge in [-0.3, -0.25) is 24.0 Å².